The average Bonchev–Trinajstić information content (AvgIpc) is 2.47. The molecule has 1 N–H and O–H groups in total. The van der Waals surface area contributed by atoms with Gasteiger partial charge in [-0.25, -0.2) is 4.79 Å². The van der Waals surface area contributed by atoms with Gasteiger partial charge in [-0.15, -0.1) is 0 Å². The maximum Gasteiger partial charge on any atom is 0.407 e. The first-order chi connectivity index (χ1) is 6.68. The van der Waals surface area contributed by atoms with Crippen molar-refractivity contribution in [3.8, 4) is 0 Å². The Morgan fingerprint density at radius 1 is 1.71 bits per heavy atom. The third kappa shape index (κ3) is 2.35. The minimum Gasteiger partial charge on any atom is -0.441 e. The summed E-state index contributed by atoms with van der Waals surface area (Å²) < 4.78 is 5.29. The summed E-state index contributed by atoms with van der Waals surface area (Å²) in [6.45, 7) is 2.71. The lowest BCUT2D eigenvalue weighted by molar-refractivity contribution is 0.0522. The van der Waals surface area contributed by atoms with E-state index in [2.05, 4.69) is 5.32 Å². The molecule has 2 heterocycles. The van der Waals surface area contributed by atoms with Crippen LogP contribution in [0.1, 0.15) is 26.2 Å². The SMILES string of the molecule is CC1(CC2CCCSC2)CNC(=O)O1. The molecule has 0 saturated carbocycles. The van der Waals surface area contributed by atoms with Gasteiger partial charge in [0.05, 0.1) is 6.54 Å². The molecule has 14 heavy (non-hydrogen) atoms. The fourth-order valence-electron chi connectivity index (χ4n) is 2.25. The molecular formula is C10H17NO2S. The van der Waals surface area contributed by atoms with E-state index in [4.69, 9.17) is 4.74 Å². The maximum absolute atomic E-state index is 11.0. The lowest BCUT2D eigenvalue weighted by Crippen LogP contribution is -2.33. The summed E-state index contributed by atoms with van der Waals surface area (Å²) in [6.07, 6.45) is 3.36. The van der Waals surface area contributed by atoms with Crippen molar-refractivity contribution < 1.29 is 9.53 Å². The molecule has 80 valence electrons. The lowest BCUT2D eigenvalue weighted by Gasteiger charge is -2.29. The number of carbonyl (C=O) groups excluding carboxylic acids is 1. The Labute approximate surface area is 89.0 Å². The second kappa shape index (κ2) is 4.01. The predicted octanol–water partition coefficient (Wildman–Crippen LogP) is 2.02. The quantitative estimate of drug-likeness (QED) is 0.766. The van der Waals surface area contributed by atoms with Gasteiger partial charge in [-0.05, 0) is 43.6 Å². The summed E-state index contributed by atoms with van der Waals surface area (Å²) in [5.41, 5.74) is -0.250. The lowest BCUT2D eigenvalue weighted by atomic mass is 9.90. The van der Waals surface area contributed by atoms with Gasteiger partial charge in [0.2, 0.25) is 0 Å². The monoisotopic (exact) mass is 215 g/mol. The molecule has 0 aromatic rings. The first-order valence-corrected chi connectivity index (χ1v) is 6.38. The summed E-state index contributed by atoms with van der Waals surface area (Å²) in [7, 11) is 0. The van der Waals surface area contributed by atoms with Gasteiger partial charge < -0.3 is 10.1 Å². The van der Waals surface area contributed by atoms with Gasteiger partial charge >= 0.3 is 6.09 Å². The molecule has 0 bridgehead atoms. The van der Waals surface area contributed by atoms with Crippen LogP contribution in [0.25, 0.3) is 0 Å². The smallest absolute Gasteiger partial charge is 0.407 e. The standard InChI is InChI=1S/C10H17NO2S/c1-10(7-11-9(12)13-10)5-8-3-2-4-14-6-8/h8H,2-7H2,1H3,(H,11,12). The van der Waals surface area contributed by atoms with Gasteiger partial charge in [0.1, 0.15) is 5.60 Å². The number of amides is 1. The second-order valence-electron chi connectivity index (χ2n) is 4.48. The second-order valence-corrected chi connectivity index (χ2v) is 5.63. The number of cyclic esters (lactones) is 1. The van der Waals surface area contributed by atoms with Crippen molar-refractivity contribution in [1.29, 1.82) is 0 Å². The van der Waals surface area contributed by atoms with E-state index in [1.54, 1.807) is 0 Å². The Balaban J connectivity index is 1.86. The van der Waals surface area contributed by atoms with Crippen LogP contribution in [-0.4, -0.2) is 29.7 Å². The van der Waals surface area contributed by atoms with E-state index in [0.29, 0.717) is 6.54 Å². The number of rotatable bonds is 2. The normalized spacial score (nSPS) is 37.8. The number of carbonyl (C=O) groups is 1. The van der Waals surface area contributed by atoms with Crippen molar-refractivity contribution in [2.45, 2.75) is 31.8 Å². The van der Waals surface area contributed by atoms with E-state index >= 15 is 0 Å². The Bertz CT molecular complexity index is 228. The topological polar surface area (TPSA) is 38.3 Å². The number of nitrogens with one attached hydrogen (secondary N) is 1. The number of hydrogen-bond acceptors (Lipinski definition) is 3. The van der Waals surface area contributed by atoms with E-state index in [1.165, 1.54) is 24.3 Å². The molecule has 0 aliphatic carbocycles. The zero-order valence-corrected chi connectivity index (χ0v) is 9.36. The van der Waals surface area contributed by atoms with Crippen LogP contribution >= 0.6 is 11.8 Å². The van der Waals surface area contributed by atoms with Crippen molar-refractivity contribution in [3.63, 3.8) is 0 Å². The first kappa shape index (κ1) is 10.1. The van der Waals surface area contributed by atoms with E-state index in [0.717, 1.165) is 12.3 Å². The average molecular weight is 215 g/mol. The van der Waals surface area contributed by atoms with E-state index in [1.807, 2.05) is 18.7 Å². The summed E-state index contributed by atoms with van der Waals surface area (Å²) >= 11 is 2.02. The van der Waals surface area contributed by atoms with Gasteiger partial charge in [0, 0.05) is 0 Å². The van der Waals surface area contributed by atoms with Gasteiger partial charge in [-0.2, -0.15) is 11.8 Å². The van der Waals surface area contributed by atoms with E-state index in [9.17, 15) is 4.79 Å². The highest BCUT2D eigenvalue weighted by Gasteiger charge is 2.37. The molecule has 2 unspecified atom stereocenters. The molecule has 2 rings (SSSR count). The Morgan fingerprint density at radius 2 is 2.57 bits per heavy atom. The van der Waals surface area contributed by atoms with Crippen molar-refractivity contribution in [2.75, 3.05) is 18.1 Å². The molecule has 2 aliphatic heterocycles. The predicted molar refractivity (Wildman–Crippen MR) is 57.6 cm³/mol. The molecule has 2 fully saturated rings. The zero-order chi connectivity index (χ0) is 10.0. The minimum atomic E-state index is -0.254. The van der Waals surface area contributed by atoms with Crippen LogP contribution in [0.5, 0.6) is 0 Å². The maximum atomic E-state index is 11.0. The summed E-state index contributed by atoms with van der Waals surface area (Å²) in [6, 6.07) is 0. The number of ether oxygens (including phenoxy) is 1. The summed E-state index contributed by atoms with van der Waals surface area (Å²) in [5.74, 6) is 3.25. The van der Waals surface area contributed by atoms with Crippen molar-refractivity contribution in [1.82, 2.24) is 5.32 Å². The van der Waals surface area contributed by atoms with Crippen LogP contribution in [0.3, 0.4) is 0 Å². The van der Waals surface area contributed by atoms with Crippen LogP contribution in [0.2, 0.25) is 0 Å². The van der Waals surface area contributed by atoms with Crippen LogP contribution in [0.4, 0.5) is 4.79 Å². The molecular weight excluding hydrogens is 198 g/mol. The molecule has 3 nitrogen and oxygen atoms in total. The van der Waals surface area contributed by atoms with Crippen LogP contribution in [0, 0.1) is 5.92 Å². The van der Waals surface area contributed by atoms with Crippen molar-refractivity contribution in [2.24, 2.45) is 5.92 Å². The number of thioether (sulfide) groups is 1. The molecule has 0 aromatic carbocycles. The molecule has 2 aliphatic rings. The molecule has 0 radical (unpaired) electrons. The van der Waals surface area contributed by atoms with Gasteiger partial charge in [-0.1, -0.05) is 0 Å². The van der Waals surface area contributed by atoms with Crippen LogP contribution in [-0.2, 0) is 4.74 Å². The molecule has 0 spiro atoms. The minimum absolute atomic E-state index is 0.250. The van der Waals surface area contributed by atoms with Crippen molar-refractivity contribution in [3.05, 3.63) is 0 Å². The van der Waals surface area contributed by atoms with Gasteiger partial charge in [0.15, 0.2) is 0 Å². The third-order valence-electron chi connectivity index (χ3n) is 2.92. The molecule has 4 heteroatoms. The molecule has 2 atom stereocenters. The highest BCUT2D eigenvalue weighted by molar-refractivity contribution is 7.99. The Hall–Kier alpha value is -0.380. The first-order valence-electron chi connectivity index (χ1n) is 5.23. The molecule has 0 aromatic heterocycles. The highest BCUT2D eigenvalue weighted by atomic mass is 32.2. The van der Waals surface area contributed by atoms with Gasteiger partial charge in [-0.3, -0.25) is 0 Å². The fourth-order valence-corrected chi connectivity index (χ4v) is 3.40. The molecule has 1 amide bonds. The number of hydrogen-bond donors (Lipinski definition) is 1. The summed E-state index contributed by atoms with van der Waals surface area (Å²) in [4.78, 5) is 11.0. The Kier molecular flexibility index (Phi) is 2.91. The fraction of sp³-hybridized carbons (Fsp3) is 0.900. The summed E-state index contributed by atoms with van der Waals surface area (Å²) in [5, 5.41) is 2.73. The van der Waals surface area contributed by atoms with E-state index < -0.39 is 0 Å². The molecule has 2 saturated heterocycles. The van der Waals surface area contributed by atoms with Crippen molar-refractivity contribution >= 4 is 17.9 Å². The Morgan fingerprint density at radius 3 is 3.14 bits per heavy atom. The van der Waals surface area contributed by atoms with Crippen LogP contribution in [0.15, 0.2) is 0 Å². The number of alkyl carbamates (subject to hydrolysis) is 1. The largest absolute Gasteiger partial charge is 0.441 e. The van der Waals surface area contributed by atoms with E-state index in [-0.39, 0.29) is 11.7 Å². The highest BCUT2D eigenvalue weighted by Crippen LogP contribution is 2.32. The van der Waals surface area contributed by atoms with Gasteiger partial charge in [0.25, 0.3) is 0 Å². The third-order valence-corrected chi connectivity index (χ3v) is 4.21. The zero-order valence-electron chi connectivity index (χ0n) is 8.54. The van der Waals surface area contributed by atoms with Crippen LogP contribution < -0.4 is 5.32 Å².